The van der Waals surface area contributed by atoms with Gasteiger partial charge in [0.2, 0.25) is 5.91 Å². The topological polar surface area (TPSA) is 43.8 Å². The Morgan fingerprint density at radius 1 is 1.28 bits per heavy atom. The fourth-order valence-electron chi connectivity index (χ4n) is 3.05. The molecule has 1 saturated carbocycles. The molecule has 1 aliphatic carbocycles. The highest BCUT2D eigenvalue weighted by molar-refractivity contribution is 5.81. The maximum Gasteiger partial charge on any atom is 0.239 e. The molecule has 1 heterocycles. The first-order valence-electron chi connectivity index (χ1n) is 7.39. The van der Waals surface area contributed by atoms with E-state index in [4.69, 9.17) is 0 Å². The Morgan fingerprint density at radius 3 is 2.44 bits per heavy atom. The quantitative estimate of drug-likeness (QED) is 0.802. The number of aliphatic hydroxyl groups excluding tert-OH is 1. The van der Waals surface area contributed by atoms with Crippen LogP contribution in [0.3, 0.4) is 0 Å². The van der Waals surface area contributed by atoms with Crippen LogP contribution in [0.2, 0.25) is 0 Å². The molecule has 18 heavy (non-hydrogen) atoms. The predicted octanol–water partition coefficient (Wildman–Crippen LogP) is 1.23. The minimum Gasteiger partial charge on any atom is -0.395 e. The van der Waals surface area contributed by atoms with Crippen LogP contribution in [0.5, 0.6) is 0 Å². The molecule has 0 radical (unpaired) electrons. The van der Waals surface area contributed by atoms with Gasteiger partial charge in [0, 0.05) is 25.7 Å². The second kappa shape index (κ2) is 6.53. The first kappa shape index (κ1) is 13.8. The molecule has 2 rings (SSSR count). The average Bonchev–Trinajstić information content (AvgIpc) is 2.35. The van der Waals surface area contributed by atoms with Gasteiger partial charge in [0.1, 0.15) is 0 Å². The summed E-state index contributed by atoms with van der Waals surface area (Å²) in [6.07, 6.45) is 7.15. The van der Waals surface area contributed by atoms with Crippen LogP contribution in [0.1, 0.15) is 45.4 Å². The minimum atomic E-state index is -0.0689. The van der Waals surface area contributed by atoms with Crippen molar-refractivity contribution in [2.45, 2.75) is 57.5 Å². The van der Waals surface area contributed by atoms with Crippen LogP contribution >= 0.6 is 0 Å². The van der Waals surface area contributed by atoms with E-state index in [2.05, 4.69) is 4.90 Å². The van der Waals surface area contributed by atoms with Crippen molar-refractivity contribution in [3.63, 3.8) is 0 Å². The highest BCUT2D eigenvalue weighted by Crippen LogP contribution is 2.27. The van der Waals surface area contributed by atoms with E-state index in [-0.39, 0.29) is 18.6 Å². The Morgan fingerprint density at radius 2 is 1.94 bits per heavy atom. The molecule has 1 atom stereocenters. The first-order valence-corrected chi connectivity index (χ1v) is 7.39. The number of piperidine rings is 1. The predicted molar refractivity (Wildman–Crippen MR) is 71.3 cm³/mol. The fraction of sp³-hybridized carbons (Fsp3) is 0.929. The van der Waals surface area contributed by atoms with Gasteiger partial charge < -0.3 is 10.0 Å². The smallest absolute Gasteiger partial charge is 0.239 e. The number of carbonyl (C=O) groups excluding carboxylic acids is 1. The number of hydrogen-bond acceptors (Lipinski definition) is 3. The van der Waals surface area contributed by atoms with E-state index in [1.807, 2.05) is 11.8 Å². The van der Waals surface area contributed by atoms with Gasteiger partial charge in [0.25, 0.3) is 0 Å². The van der Waals surface area contributed by atoms with Gasteiger partial charge in [-0.05, 0) is 39.0 Å². The second-order valence-corrected chi connectivity index (χ2v) is 5.61. The summed E-state index contributed by atoms with van der Waals surface area (Å²) in [6.45, 7) is 4.62. The highest BCUT2D eigenvalue weighted by atomic mass is 16.3. The molecule has 1 N–H and O–H groups in total. The van der Waals surface area contributed by atoms with Crippen molar-refractivity contribution in [3.8, 4) is 0 Å². The largest absolute Gasteiger partial charge is 0.395 e. The van der Waals surface area contributed by atoms with E-state index in [1.165, 1.54) is 25.7 Å². The molecule has 4 nitrogen and oxygen atoms in total. The molecule has 0 spiro atoms. The molecule has 2 fully saturated rings. The van der Waals surface area contributed by atoms with Crippen molar-refractivity contribution in [2.75, 3.05) is 26.2 Å². The van der Waals surface area contributed by atoms with Gasteiger partial charge in [-0.2, -0.15) is 0 Å². The zero-order chi connectivity index (χ0) is 13.0. The number of carbonyl (C=O) groups is 1. The van der Waals surface area contributed by atoms with E-state index >= 15 is 0 Å². The van der Waals surface area contributed by atoms with Crippen LogP contribution in [-0.2, 0) is 4.79 Å². The highest BCUT2D eigenvalue weighted by Gasteiger charge is 2.33. The Balaban J connectivity index is 1.93. The van der Waals surface area contributed by atoms with E-state index in [1.54, 1.807) is 0 Å². The molecule has 0 aromatic carbocycles. The number of aliphatic hydroxyl groups is 1. The summed E-state index contributed by atoms with van der Waals surface area (Å²) >= 11 is 0. The van der Waals surface area contributed by atoms with E-state index in [0.717, 1.165) is 25.9 Å². The van der Waals surface area contributed by atoms with Crippen LogP contribution in [0.15, 0.2) is 0 Å². The van der Waals surface area contributed by atoms with Crippen molar-refractivity contribution >= 4 is 5.91 Å². The summed E-state index contributed by atoms with van der Waals surface area (Å²) < 4.78 is 0. The summed E-state index contributed by atoms with van der Waals surface area (Å²) in [4.78, 5) is 16.7. The monoisotopic (exact) mass is 254 g/mol. The average molecular weight is 254 g/mol. The molecule has 4 heteroatoms. The summed E-state index contributed by atoms with van der Waals surface area (Å²) in [5.41, 5.74) is 0. The van der Waals surface area contributed by atoms with Gasteiger partial charge in [0.05, 0.1) is 12.6 Å². The normalized spacial score (nSPS) is 22.9. The lowest BCUT2D eigenvalue weighted by Crippen LogP contribution is -2.54. The Labute approximate surface area is 110 Å². The Bertz CT molecular complexity index is 273. The lowest BCUT2D eigenvalue weighted by atomic mass is 9.90. The zero-order valence-corrected chi connectivity index (χ0v) is 11.5. The molecule has 104 valence electrons. The van der Waals surface area contributed by atoms with Crippen molar-refractivity contribution in [3.05, 3.63) is 0 Å². The lowest BCUT2D eigenvalue weighted by Gasteiger charge is -2.42. The third-order valence-corrected chi connectivity index (χ3v) is 4.42. The van der Waals surface area contributed by atoms with Crippen LogP contribution in [0.4, 0.5) is 0 Å². The molecule has 1 aliphatic heterocycles. The third kappa shape index (κ3) is 3.04. The number of amides is 1. The van der Waals surface area contributed by atoms with Crippen LogP contribution in [0.25, 0.3) is 0 Å². The van der Waals surface area contributed by atoms with Gasteiger partial charge in [0.15, 0.2) is 0 Å². The third-order valence-electron chi connectivity index (χ3n) is 4.42. The summed E-state index contributed by atoms with van der Waals surface area (Å²) in [6, 6.07) is 0.446. The summed E-state index contributed by atoms with van der Waals surface area (Å²) in [7, 11) is 0. The lowest BCUT2D eigenvalue weighted by molar-refractivity contribution is -0.139. The van der Waals surface area contributed by atoms with E-state index in [9.17, 15) is 9.90 Å². The molecule has 2 aliphatic rings. The molecule has 1 amide bonds. The van der Waals surface area contributed by atoms with Gasteiger partial charge in [-0.3, -0.25) is 9.69 Å². The van der Waals surface area contributed by atoms with Gasteiger partial charge in [-0.1, -0.05) is 6.42 Å². The van der Waals surface area contributed by atoms with Crippen molar-refractivity contribution in [1.82, 2.24) is 9.80 Å². The number of likely N-dealkylation sites (tertiary alicyclic amines) is 1. The van der Waals surface area contributed by atoms with Gasteiger partial charge in [-0.25, -0.2) is 0 Å². The van der Waals surface area contributed by atoms with Crippen LogP contribution in [0, 0.1) is 0 Å². The second-order valence-electron chi connectivity index (χ2n) is 5.61. The van der Waals surface area contributed by atoms with E-state index in [0.29, 0.717) is 12.6 Å². The van der Waals surface area contributed by atoms with Crippen molar-refractivity contribution < 1.29 is 9.90 Å². The maximum atomic E-state index is 12.5. The molecular weight excluding hydrogens is 228 g/mol. The van der Waals surface area contributed by atoms with Crippen molar-refractivity contribution in [1.29, 1.82) is 0 Å². The van der Waals surface area contributed by atoms with Crippen LogP contribution in [-0.4, -0.2) is 59.1 Å². The first-order chi connectivity index (χ1) is 8.74. The standard InChI is InChI=1S/C14H26N2O2/c1-12(14(18)15-8-3-2-4-9-15)16(10-11-17)13-6-5-7-13/h12-13,17H,2-11H2,1H3. The molecule has 0 aromatic heterocycles. The van der Waals surface area contributed by atoms with Crippen molar-refractivity contribution in [2.24, 2.45) is 0 Å². The Hall–Kier alpha value is -0.610. The number of rotatable bonds is 5. The van der Waals surface area contributed by atoms with E-state index < -0.39 is 0 Å². The number of nitrogens with zero attached hydrogens (tertiary/aromatic N) is 2. The van der Waals surface area contributed by atoms with Gasteiger partial charge >= 0.3 is 0 Å². The Kier molecular flexibility index (Phi) is 5.01. The minimum absolute atomic E-state index is 0.0689. The molecule has 0 bridgehead atoms. The molecular formula is C14H26N2O2. The SMILES string of the molecule is CC(C(=O)N1CCCCC1)N(CCO)C1CCC1. The maximum absolute atomic E-state index is 12.5. The number of hydrogen-bond donors (Lipinski definition) is 1. The summed E-state index contributed by atoms with van der Waals surface area (Å²) in [5.74, 6) is 0.259. The van der Waals surface area contributed by atoms with Crippen LogP contribution < -0.4 is 0 Å². The summed E-state index contributed by atoms with van der Waals surface area (Å²) in [5, 5.41) is 9.18. The fourth-order valence-corrected chi connectivity index (χ4v) is 3.05. The molecule has 1 saturated heterocycles. The molecule has 1 unspecified atom stereocenters. The zero-order valence-electron chi connectivity index (χ0n) is 11.5. The molecule has 0 aromatic rings. The van der Waals surface area contributed by atoms with Gasteiger partial charge in [-0.15, -0.1) is 0 Å².